The van der Waals surface area contributed by atoms with E-state index in [0.717, 1.165) is 11.4 Å². The van der Waals surface area contributed by atoms with Gasteiger partial charge in [-0.05, 0) is 42.8 Å². The molecule has 1 aromatic carbocycles. The fourth-order valence-corrected chi connectivity index (χ4v) is 2.93. The summed E-state index contributed by atoms with van der Waals surface area (Å²) in [4.78, 5) is 1.30. The highest BCUT2D eigenvalue weighted by atomic mass is 35.5. The van der Waals surface area contributed by atoms with Gasteiger partial charge in [-0.25, -0.2) is 0 Å². The third-order valence-corrected chi connectivity index (χ3v) is 3.87. The fourth-order valence-electron chi connectivity index (χ4n) is 1.56. The molecule has 0 radical (unpaired) electrons. The van der Waals surface area contributed by atoms with Gasteiger partial charge in [0.2, 0.25) is 0 Å². The standard InChI is InChI=1S/C13H20ClNS/c1-2-3-4-9-16-13-10-12(14)6-5-11(13)7-8-15/h5-6,10H,2-4,7-9,15H2,1H3. The number of hydrogen-bond donors (Lipinski definition) is 1. The molecule has 1 rings (SSSR count). The summed E-state index contributed by atoms with van der Waals surface area (Å²) in [6.45, 7) is 2.92. The van der Waals surface area contributed by atoms with Gasteiger partial charge >= 0.3 is 0 Å². The Labute approximate surface area is 108 Å². The zero-order chi connectivity index (χ0) is 11.8. The number of benzene rings is 1. The van der Waals surface area contributed by atoms with Crippen LogP contribution in [0.1, 0.15) is 31.7 Å². The fraction of sp³-hybridized carbons (Fsp3) is 0.538. The molecule has 16 heavy (non-hydrogen) atoms. The van der Waals surface area contributed by atoms with Gasteiger partial charge in [0, 0.05) is 9.92 Å². The minimum absolute atomic E-state index is 0.699. The van der Waals surface area contributed by atoms with Crippen LogP contribution in [0.4, 0.5) is 0 Å². The Balaban J connectivity index is 2.57. The van der Waals surface area contributed by atoms with Crippen molar-refractivity contribution in [2.45, 2.75) is 37.5 Å². The second-order valence-electron chi connectivity index (χ2n) is 3.85. The lowest BCUT2D eigenvalue weighted by molar-refractivity contribution is 0.778. The second kappa shape index (κ2) is 7.99. The van der Waals surface area contributed by atoms with Crippen molar-refractivity contribution in [2.75, 3.05) is 12.3 Å². The third kappa shape index (κ3) is 4.77. The molecule has 1 nitrogen and oxygen atoms in total. The molecule has 0 aliphatic rings. The van der Waals surface area contributed by atoms with E-state index in [0.29, 0.717) is 6.54 Å². The minimum atomic E-state index is 0.699. The third-order valence-electron chi connectivity index (χ3n) is 2.45. The summed E-state index contributed by atoms with van der Waals surface area (Å²) in [7, 11) is 0. The Morgan fingerprint density at radius 2 is 2.12 bits per heavy atom. The summed E-state index contributed by atoms with van der Waals surface area (Å²) in [6, 6.07) is 6.10. The quantitative estimate of drug-likeness (QED) is 0.587. The van der Waals surface area contributed by atoms with Crippen molar-refractivity contribution in [1.29, 1.82) is 0 Å². The smallest absolute Gasteiger partial charge is 0.0417 e. The lowest BCUT2D eigenvalue weighted by Gasteiger charge is -2.08. The molecule has 0 unspecified atom stereocenters. The van der Waals surface area contributed by atoms with E-state index in [1.807, 2.05) is 17.8 Å². The largest absolute Gasteiger partial charge is 0.330 e. The highest BCUT2D eigenvalue weighted by Crippen LogP contribution is 2.27. The van der Waals surface area contributed by atoms with Crippen molar-refractivity contribution in [3.63, 3.8) is 0 Å². The number of unbranched alkanes of at least 4 members (excludes halogenated alkanes) is 2. The van der Waals surface area contributed by atoms with Gasteiger partial charge in [0.15, 0.2) is 0 Å². The normalized spacial score (nSPS) is 10.7. The molecule has 0 aliphatic carbocycles. The van der Waals surface area contributed by atoms with Crippen LogP contribution in [0, 0.1) is 0 Å². The lowest BCUT2D eigenvalue weighted by atomic mass is 10.1. The van der Waals surface area contributed by atoms with Crippen LogP contribution in [0.5, 0.6) is 0 Å². The molecule has 0 saturated carbocycles. The number of thioether (sulfide) groups is 1. The van der Waals surface area contributed by atoms with Crippen LogP contribution in [-0.4, -0.2) is 12.3 Å². The maximum atomic E-state index is 6.01. The predicted molar refractivity (Wildman–Crippen MR) is 74.5 cm³/mol. The first-order chi connectivity index (χ1) is 7.77. The van der Waals surface area contributed by atoms with Gasteiger partial charge in [0.25, 0.3) is 0 Å². The summed E-state index contributed by atoms with van der Waals surface area (Å²) < 4.78 is 0. The molecule has 0 amide bonds. The van der Waals surface area contributed by atoms with Crippen LogP contribution in [0.2, 0.25) is 5.02 Å². The molecule has 2 N–H and O–H groups in total. The predicted octanol–water partition coefficient (Wildman–Crippen LogP) is 4.12. The first-order valence-electron chi connectivity index (χ1n) is 5.89. The number of rotatable bonds is 7. The van der Waals surface area contributed by atoms with Crippen LogP contribution in [0.15, 0.2) is 23.1 Å². The van der Waals surface area contributed by atoms with Crippen molar-refractivity contribution in [3.05, 3.63) is 28.8 Å². The zero-order valence-corrected chi connectivity index (χ0v) is 11.4. The van der Waals surface area contributed by atoms with Crippen LogP contribution in [0.25, 0.3) is 0 Å². The summed E-state index contributed by atoms with van der Waals surface area (Å²) >= 11 is 7.91. The van der Waals surface area contributed by atoms with Gasteiger partial charge in [0.1, 0.15) is 0 Å². The van der Waals surface area contributed by atoms with Crippen molar-refractivity contribution >= 4 is 23.4 Å². The Bertz CT molecular complexity index is 315. The van der Waals surface area contributed by atoms with Crippen molar-refractivity contribution in [1.82, 2.24) is 0 Å². The molecular formula is C13H20ClNS. The molecule has 0 heterocycles. The highest BCUT2D eigenvalue weighted by molar-refractivity contribution is 7.99. The number of nitrogens with two attached hydrogens (primary N) is 1. The van der Waals surface area contributed by atoms with E-state index in [2.05, 4.69) is 19.1 Å². The van der Waals surface area contributed by atoms with E-state index in [4.69, 9.17) is 17.3 Å². The molecule has 0 saturated heterocycles. The van der Waals surface area contributed by atoms with Crippen LogP contribution < -0.4 is 5.73 Å². The lowest BCUT2D eigenvalue weighted by Crippen LogP contribution is -2.03. The molecule has 0 fully saturated rings. The molecule has 0 aliphatic heterocycles. The van der Waals surface area contributed by atoms with Gasteiger partial charge < -0.3 is 5.73 Å². The first-order valence-corrected chi connectivity index (χ1v) is 7.25. The summed E-state index contributed by atoms with van der Waals surface area (Å²) in [5.41, 5.74) is 6.93. The molecular weight excluding hydrogens is 238 g/mol. The van der Waals surface area contributed by atoms with E-state index in [9.17, 15) is 0 Å². The summed E-state index contributed by atoms with van der Waals surface area (Å²) in [5, 5.41) is 0.818. The van der Waals surface area contributed by atoms with Crippen molar-refractivity contribution < 1.29 is 0 Å². The minimum Gasteiger partial charge on any atom is -0.330 e. The van der Waals surface area contributed by atoms with Crippen LogP contribution in [-0.2, 0) is 6.42 Å². The Morgan fingerprint density at radius 1 is 1.31 bits per heavy atom. The van der Waals surface area contributed by atoms with Crippen LogP contribution >= 0.6 is 23.4 Å². The summed E-state index contributed by atoms with van der Waals surface area (Å²) in [6.07, 6.45) is 4.79. The Morgan fingerprint density at radius 3 is 2.81 bits per heavy atom. The monoisotopic (exact) mass is 257 g/mol. The molecule has 1 aromatic rings. The van der Waals surface area contributed by atoms with Gasteiger partial charge in [-0.3, -0.25) is 0 Å². The topological polar surface area (TPSA) is 26.0 Å². The summed E-state index contributed by atoms with van der Waals surface area (Å²) in [5.74, 6) is 1.17. The van der Waals surface area contributed by atoms with E-state index < -0.39 is 0 Å². The molecule has 90 valence electrons. The average molecular weight is 258 g/mol. The van der Waals surface area contributed by atoms with Crippen molar-refractivity contribution in [3.8, 4) is 0 Å². The number of halogens is 1. The Kier molecular flexibility index (Phi) is 6.93. The van der Waals surface area contributed by atoms with Crippen LogP contribution in [0.3, 0.4) is 0 Å². The van der Waals surface area contributed by atoms with Crippen molar-refractivity contribution in [2.24, 2.45) is 5.73 Å². The Hall–Kier alpha value is -0.180. The number of hydrogen-bond acceptors (Lipinski definition) is 2. The van der Waals surface area contributed by atoms with E-state index in [-0.39, 0.29) is 0 Å². The van der Waals surface area contributed by atoms with Gasteiger partial charge in [0.05, 0.1) is 0 Å². The van der Waals surface area contributed by atoms with Gasteiger partial charge in [-0.15, -0.1) is 11.8 Å². The second-order valence-corrected chi connectivity index (χ2v) is 5.42. The molecule has 3 heteroatoms. The SMILES string of the molecule is CCCCCSc1cc(Cl)ccc1CCN. The molecule has 0 spiro atoms. The maximum absolute atomic E-state index is 6.01. The molecule has 0 atom stereocenters. The highest BCUT2D eigenvalue weighted by Gasteiger charge is 2.03. The van der Waals surface area contributed by atoms with Gasteiger partial charge in [-0.1, -0.05) is 37.4 Å². The zero-order valence-electron chi connectivity index (χ0n) is 9.84. The maximum Gasteiger partial charge on any atom is 0.0417 e. The molecule has 0 aromatic heterocycles. The van der Waals surface area contributed by atoms with E-state index >= 15 is 0 Å². The average Bonchev–Trinajstić information content (AvgIpc) is 2.28. The molecule has 0 bridgehead atoms. The van der Waals surface area contributed by atoms with E-state index in [1.54, 1.807) is 0 Å². The first kappa shape index (κ1) is 13.9. The van der Waals surface area contributed by atoms with E-state index in [1.165, 1.54) is 35.5 Å². The van der Waals surface area contributed by atoms with Gasteiger partial charge in [-0.2, -0.15) is 0 Å².